The first kappa shape index (κ1) is 20.5. The van der Waals surface area contributed by atoms with Gasteiger partial charge in [-0.25, -0.2) is 12.7 Å². The second-order valence-electron chi connectivity index (χ2n) is 6.91. The van der Waals surface area contributed by atoms with Gasteiger partial charge in [0.15, 0.2) is 11.5 Å². The van der Waals surface area contributed by atoms with Gasteiger partial charge in [0, 0.05) is 20.0 Å². The monoisotopic (exact) mass is 384 g/mol. The van der Waals surface area contributed by atoms with Gasteiger partial charge in [-0.3, -0.25) is 4.79 Å². The number of aliphatic hydroxyl groups is 1. The summed E-state index contributed by atoms with van der Waals surface area (Å²) < 4.78 is 35.9. The van der Waals surface area contributed by atoms with Crippen molar-refractivity contribution in [2.24, 2.45) is 5.92 Å². The van der Waals surface area contributed by atoms with E-state index < -0.39 is 27.6 Å². The van der Waals surface area contributed by atoms with Crippen LogP contribution >= 0.6 is 0 Å². The number of hydrogen-bond donors (Lipinski definition) is 2. The Morgan fingerprint density at radius 3 is 2.69 bits per heavy atom. The Morgan fingerprint density at radius 1 is 1.38 bits per heavy atom. The van der Waals surface area contributed by atoms with Gasteiger partial charge in [0.1, 0.15) is 5.60 Å². The minimum Gasteiger partial charge on any atom is -0.443 e. The molecule has 1 aliphatic rings. The summed E-state index contributed by atoms with van der Waals surface area (Å²) in [7, 11) is -0.455. The molecular weight excluding hydrogens is 360 g/mol. The Labute approximate surface area is 153 Å². The van der Waals surface area contributed by atoms with Crippen LogP contribution in [0.4, 0.5) is 0 Å². The number of nitrogens with one attached hydrogen (secondary N) is 1. The highest BCUT2D eigenvalue weighted by atomic mass is 32.2. The first-order valence-electron chi connectivity index (χ1n) is 8.12. The molecule has 2 heterocycles. The van der Waals surface area contributed by atoms with Gasteiger partial charge in [-0.1, -0.05) is 5.92 Å². The Bertz CT molecular complexity index is 810. The molecular formula is C17H24N2O6S. The van der Waals surface area contributed by atoms with Gasteiger partial charge in [0.2, 0.25) is 10.0 Å². The maximum atomic E-state index is 12.3. The summed E-state index contributed by atoms with van der Waals surface area (Å²) in [4.78, 5) is 12.3. The van der Waals surface area contributed by atoms with Crippen molar-refractivity contribution in [3.8, 4) is 11.8 Å². The van der Waals surface area contributed by atoms with Crippen molar-refractivity contribution >= 4 is 15.9 Å². The van der Waals surface area contributed by atoms with Crippen molar-refractivity contribution in [3.63, 3.8) is 0 Å². The fourth-order valence-electron chi connectivity index (χ4n) is 2.32. The molecule has 0 aromatic carbocycles. The van der Waals surface area contributed by atoms with Crippen molar-refractivity contribution in [1.29, 1.82) is 0 Å². The molecule has 1 fully saturated rings. The topological polar surface area (TPSA) is 109 Å². The molecule has 2 rings (SSSR count). The second kappa shape index (κ2) is 7.80. The molecule has 1 saturated heterocycles. The highest BCUT2D eigenvalue weighted by molar-refractivity contribution is 7.89. The van der Waals surface area contributed by atoms with Crippen LogP contribution in [0.2, 0.25) is 0 Å². The molecule has 2 N–H and O–H groups in total. The first-order valence-corrected chi connectivity index (χ1v) is 9.73. The van der Waals surface area contributed by atoms with Gasteiger partial charge >= 0.3 is 0 Å². The third-order valence-electron chi connectivity index (χ3n) is 3.82. The number of furan rings is 1. The summed E-state index contributed by atoms with van der Waals surface area (Å²) in [6.07, 6.45) is 0. The molecule has 0 aliphatic carbocycles. The van der Waals surface area contributed by atoms with Crippen molar-refractivity contribution in [2.45, 2.75) is 25.5 Å². The third-order valence-corrected chi connectivity index (χ3v) is 5.78. The molecule has 1 aromatic heterocycles. The second-order valence-corrected chi connectivity index (χ2v) is 9.14. The van der Waals surface area contributed by atoms with E-state index in [0.29, 0.717) is 0 Å². The zero-order valence-electron chi connectivity index (χ0n) is 15.3. The van der Waals surface area contributed by atoms with Crippen molar-refractivity contribution in [2.75, 3.05) is 33.1 Å². The Morgan fingerprint density at radius 2 is 2.08 bits per heavy atom. The smallest absolute Gasteiger partial charge is 0.287 e. The highest BCUT2D eigenvalue weighted by Crippen LogP contribution is 2.18. The number of carbonyl (C=O) groups excluding carboxylic acids is 1. The minimum atomic E-state index is -3.40. The number of amides is 1. The molecule has 0 radical (unpaired) electrons. The summed E-state index contributed by atoms with van der Waals surface area (Å²) in [5.74, 6) is 4.65. The molecule has 144 valence electrons. The largest absolute Gasteiger partial charge is 0.443 e. The van der Waals surface area contributed by atoms with Crippen LogP contribution < -0.4 is 5.32 Å². The van der Waals surface area contributed by atoms with Gasteiger partial charge in [-0.05, 0) is 31.9 Å². The molecule has 26 heavy (non-hydrogen) atoms. The molecule has 0 saturated carbocycles. The van der Waals surface area contributed by atoms with E-state index in [4.69, 9.17) is 9.15 Å². The standard InChI is InChI=1S/C17H24N2O6S/c1-17(2,21)8-7-13-5-6-15(25-13)16(20)18-14-10-24-9-12(14)11-26(22,23)19(3)4/h5-6,12,14,21H,9-11H2,1-4H3,(H,18,20)/t12-,14-/m0/s1. The fraction of sp³-hybridized carbons (Fsp3) is 0.588. The van der Waals surface area contributed by atoms with Crippen LogP contribution in [-0.4, -0.2) is 68.4 Å². The normalized spacial score (nSPS) is 20.7. The lowest BCUT2D eigenvalue weighted by Crippen LogP contribution is -2.43. The molecule has 0 spiro atoms. The fourth-order valence-corrected chi connectivity index (χ4v) is 3.49. The molecule has 1 amide bonds. The predicted molar refractivity (Wildman–Crippen MR) is 94.9 cm³/mol. The number of sulfonamides is 1. The molecule has 8 nitrogen and oxygen atoms in total. The molecule has 9 heteroatoms. The lowest BCUT2D eigenvalue weighted by Gasteiger charge is -2.20. The summed E-state index contributed by atoms with van der Waals surface area (Å²) in [5.41, 5.74) is -1.17. The maximum Gasteiger partial charge on any atom is 0.287 e. The number of nitrogens with zero attached hydrogens (tertiary/aromatic N) is 1. The lowest BCUT2D eigenvalue weighted by molar-refractivity contribution is 0.0897. The van der Waals surface area contributed by atoms with Crippen LogP contribution in [0.3, 0.4) is 0 Å². The van der Waals surface area contributed by atoms with E-state index in [1.807, 2.05) is 0 Å². The summed E-state index contributed by atoms with van der Waals surface area (Å²) in [6.45, 7) is 3.58. The number of hydrogen-bond acceptors (Lipinski definition) is 6. The maximum absolute atomic E-state index is 12.3. The van der Waals surface area contributed by atoms with E-state index >= 15 is 0 Å². The van der Waals surface area contributed by atoms with Gasteiger partial charge in [-0.15, -0.1) is 0 Å². The molecule has 1 aliphatic heterocycles. The molecule has 2 atom stereocenters. The van der Waals surface area contributed by atoms with E-state index in [0.717, 1.165) is 4.31 Å². The van der Waals surface area contributed by atoms with Crippen LogP contribution in [0, 0.1) is 17.8 Å². The number of ether oxygens (including phenoxy) is 1. The van der Waals surface area contributed by atoms with Crippen LogP contribution in [0.15, 0.2) is 16.5 Å². The summed E-state index contributed by atoms with van der Waals surface area (Å²) >= 11 is 0. The van der Waals surface area contributed by atoms with Gasteiger partial charge < -0.3 is 19.6 Å². The Kier molecular flexibility index (Phi) is 6.13. The van der Waals surface area contributed by atoms with E-state index in [9.17, 15) is 18.3 Å². The van der Waals surface area contributed by atoms with Crippen LogP contribution in [0.1, 0.15) is 30.2 Å². The Balaban J connectivity index is 2.02. The summed E-state index contributed by atoms with van der Waals surface area (Å²) in [6, 6.07) is 2.59. The van der Waals surface area contributed by atoms with Crippen LogP contribution in [-0.2, 0) is 14.8 Å². The van der Waals surface area contributed by atoms with E-state index in [1.54, 1.807) is 13.8 Å². The van der Waals surface area contributed by atoms with Crippen LogP contribution in [0.25, 0.3) is 0 Å². The van der Waals surface area contributed by atoms with Crippen LogP contribution in [0.5, 0.6) is 0 Å². The van der Waals surface area contributed by atoms with Crippen molar-refractivity contribution in [3.05, 3.63) is 23.7 Å². The highest BCUT2D eigenvalue weighted by Gasteiger charge is 2.34. The number of rotatable bonds is 5. The minimum absolute atomic E-state index is 0.0613. The number of carbonyl (C=O) groups is 1. The van der Waals surface area contributed by atoms with Crippen molar-refractivity contribution < 1.29 is 27.5 Å². The van der Waals surface area contributed by atoms with Crippen molar-refractivity contribution in [1.82, 2.24) is 9.62 Å². The summed E-state index contributed by atoms with van der Waals surface area (Å²) in [5, 5.41) is 12.3. The first-order chi connectivity index (χ1) is 12.0. The quantitative estimate of drug-likeness (QED) is 0.694. The van der Waals surface area contributed by atoms with E-state index in [-0.39, 0.29) is 36.4 Å². The Hall–Kier alpha value is -1.86. The predicted octanol–water partition coefficient (Wildman–Crippen LogP) is 0.0382. The average molecular weight is 384 g/mol. The lowest BCUT2D eigenvalue weighted by atomic mass is 10.1. The van der Waals surface area contributed by atoms with E-state index in [1.165, 1.54) is 26.2 Å². The SMILES string of the molecule is CN(C)S(=O)(=O)C[C@@H]1COC[C@@H]1NC(=O)c1ccc(C#CC(C)(C)O)o1. The van der Waals surface area contributed by atoms with Gasteiger partial charge in [0.05, 0.1) is 25.0 Å². The zero-order valence-corrected chi connectivity index (χ0v) is 16.1. The zero-order chi connectivity index (χ0) is 19.5. The molecule has 1 aromatic rings. The van der Waals surface area contributed by atoms with Gasteiger partial charge in [0.25, 0.3) is 5.91 Å². The third kappa shape index (κ3) is 5.57. The van der Waals surface area contributed by atoms with E-state index in [2.05, 4.69) is 17.2 Å². The average Bonchev–Trinajstić information content (AvgIpc) is 3.14. The molecule has 0 bridgehead atoms. The van der Waals surface area contributed by atoms with Gasteiger partial charge in [-0.2, -0.15) is 0 Å². The molecule has 0 unspecified atom stereocenters.